The highest BCUT2D eigenvalue weighted by atomic mass is 16.5. The summed E-state index contributed by atoms with van der Waals surface area (Å²) in [5.74, 6) is -0.595. The number of fused-ring (bicyclic) bond motifs is 1. The average Bonchev–Trinajstić information content (AvgIpc) is 3.34. The Morgan fingerprint density at radius 2 is 1.93 bits per heavy atom. The molecule has 2 aliphatic heterocycles. The van der Waals surface area contributed by atoms with Gasteiger partial charge in [-0.15, -0.1) is 0 Å². The highest BCUT2D eigenvalue weighted by molar-refractivity contribution is 6.00. The fraction of sp³-hybridized carbons (Fsp3) is 0.273. The van der Waals surface area contributed by atoms with Crippen molar-refractivity contribution < 1.29 is 18.7 Å². The van der Waals surface area contributed by atoms with Crippen LogP contribution in [-0.2, 0) is 9.53 Å². The normalized spacial score (nSPS) is 26.0. The molecule has 5 nitrogen and oxygen atoms in total. The van der Waals surface area contributed by atoms with Crippen molar-refractivity contribution in [3.8, 4) is 0 Å². The molecule has 0 radical (unpaired) electrons. The molecule has 0 aliphatic carbocycles. The van der Waals surface area contributed by atoms with Gasteiger partial charge < -0.3 is 14.1 Å². The van der Waals surface area contributed by atoms with Crippen molar-refractivity contribution in [1.29, 1.82) is 0 Å². The van der Waals surface area contributed by atoms with E-state index in [0.29, 0.717) is 11.3 Å². The van der Waals surface area contributed by atoms with Crippen LogP contribution in [0.15, 0.2) is 77.6 Å². The topological polar surface area (TPSA) is 59.8 Å². The maximum Gasteiger partial charge on any atom is 0.329 e. The molecule has 1 saturated heterocycles. The minimum atomic E-state index is -0.611. The summed E-state index contributed by atoms with van der Waals surface area (Å²) in [7, 11) is 0. The van der Waals surface area contributed by atoms with Crippen LogP contribution in [0.25, 0.3) is 0 Å². The lowest BCUT2D eigenvalue weighted by Gasteiger charge is -2.28. The van der Waals surface area contributed by atoms with E-state index >= 15 is 0 Å². The van der Waals surface area contributed by atoms with Crippen LogP contribution in [0.2, 0.25) is 0 Å². The van der Waals surface area contributed by atoms with Crippen molar-refractivity contribution in [1.82, 2.24) is 4.90 Å². The molecule has 138 valence electrons. The number of hydrogen-bond acceptors (Lipinski definition) is 5. The second-order valence-corrected chi connectivity index (χ2v) is 6.66. The standard InChI is InChI=1S/C22H21NO4/c1-2-26-22(25)20-19(17-12-8-14-27-17)18(16-11-6-7-13-23(16)20)21(24)15-9-4-3-5-10-15/h3-14,16,18-20H,2H2,1H3. The second kappa shape index (κ2) is 7.27. The smallest absolute Gasteiger partial charge is 0.329 e. The Balaban J connectivity index is 1.81. The third-order valence-electron chi connectivity index (χ3n) is 5.20. The molecule has 0 amide bonds. The molecular weight excluding hydrogens is 342 g/mol. The number of ether oxygens (including phenoxy) is 1. The van der Waals surface area contributed by atoms with Crippen LogP contribution in [0.4, 0.5) is 0 Å². The highest BCUT2D eigenvalue weighted by Gasteiger charge is 2.55. The minimum absolute atomic E-state index is 0.00116. The second-order valence-electron chi connectivity index (χ2n) is 6.66. The largest absolute Gasteiger partial charge is 0.469 e. The molecule has 2 aliphatic rings. The van der Waals surface area contributed by atoms with E-state index in [2.05, 4.69) is 0 Å². The summed E-state index contributed by atoms with van der Waals surface area (Å²) in [6.45, 7) is 2.07. The molecule has 1 aromatic heterocycles. The van der Waals surface area contributed by atoms with Gasteiger partial charge in [-0.05, 0) is 25.1 Å². The Morgan fingerprint density at radius 1 is 1.11 bits per heavy atom. The highest BCUT2D eigenvalue weighted by Crippen LogP contribution is 2.46. The number of rotatable bonds is 5. The van der Waals surface area contributed by atoms with Crippen molar-refractivity contribution in [3.63, 3.8) is 0 Å². The lowest BCUT2D eigenvalue weighted by molar-refractivity contribution is -0.148. The molecule has 4 rings (SSSR count). The summed E-state index contributed by atoms with van der Waals surface area (Å²) in [5.41, 5.74) is 0.631. The number of ketones is 1. The number of allylic oxidation sites excluding steroid dienone is 2. The van der Waals surface area contributed by atoms with Crippen molar-refractivity contribution in [3.05, 3.63) is 84.5 Å². The van der Waals surface area contributed by atoms with E-state index in [1.807, 2.05) is 65.7 Å². The first-order valence-corrected chi connectivity index (χ1v) is 9.14. The number of carbonyl (C=O) groups excluding carboxylic acids is 2. The molecule has 0 bridgehead atoms. The number of esters is 1. The number of benzene rings is 1. The van der Waals surface area contributed by atoms with Crippen molar-refractivity contribution in [2.75, 3.05) is 6.61 Å². The molecule has 2 aromatic rings. The van der Waals surface area contributed by atoms with E-state index in [0.717, 1.165) is 0 Å². The summed E-state index contributed by atoms with van der Waals surface area (Å²) >= 11 is 0. The van der Waals surface area contributed by atoms with Gasteiger partial charge in [0, 0.05) is 11.8 Å². The predicted octanol–water partition coefficient (Wildman–Crippen LogP) is 3.56. The minimum Gasteiger partial charge on any atom is -0.469 e. The van der Waals surface area contributed by atoms with Gasteiger partial charge in [-0.3, -0.25) is 4.79 Å². The summed E-state index contributed by atoms with van der Waals surface area (Å²) in [6, 6.07) is 12.0. The van der Waals surface area contributed by atoms with Crippen LogP contribution in [0.5, 0.6) is 0 Å². The van der Waals surface area contributed by atoms with E-state index in [-0.39, 0.29) is 24.4 Å². The molecule has 1 fully saturated rings. The number of hydrogen-bond donors (Lipinski definition) is 0. The summed E-state index contributed by atoms with van der Waals surface area (Å²) in [6.07, 6.45) is 9.20. The third-order valence-corrected chi connectivity index (χ3v) is 5.20. The molecule has 5 heteroatoms. The maximum atomic E-state index is 13.5. The van der Waals surface area contributed by atoms with Gasteiger partial charge in [0.15, 0.2) is 5.78 Å². The van der Waals surface area contributed by atoms with Crippen LogP contribution < -0.4 is 0 Å². The van der Waals surface area contributed by atoms with Crippen LogP contribution in [-0.4, -0.2) is 35.3 Å². The van der Waals surface area contributed by atoms with E-state index in [1.165, 1.54) is 0 Å². The van der Waals surface area contributed by atoms with Gasteiger partial charge >= 0.3 is 5.97 Å². The lowest BCUT2D eigenvalue weighted by atomic mass is 9.80. The van der Waals surface area contributed by atoms with Crippen LogP contribution >= 0.6 is 0 Å². The van der Waals surface area contributed by atoms with E-state index in [9.17, 15) is 9.59 Å². The number of Topliss-reactive ketones (excluding diaryl/α,β-unsaturated/α-hetero) is 1. The molecule has 3 heterocycles. The molecule has 4 unspecified atom stereocenters. The van der Waals surface area contributed by atoms with E-state index in [4.69, 9.17) is 9.15 Å². The van der Waals surface area contributed by atoms with Gasteiger partial charge in [-0.25, -0.2) is 4.79 Å². The first-order chi connectivity index (χ1) is 13.2. The van der Waals surface area contributed by atoms with Gasteiger partial charge in [0.1, 0.15) is 11.8 Å². The molecule has 27 heavy (non-hydrogen) atoms. The zero-order valence-electron chi connectivity index (χ0n) is 15.0. The third kappa shape index (κ3) is 2.99. The predicted molar refractivity (Wildman–Crippen MR) is 100 cm³/mol. The molecule has 0 saturated carbocycles. The Morgan fingerprint density at radius 3 is 2.63 bits per heavy atom. The average molecular weight is 363 g/mol. The van der Waals surface area contributed by atoms with Gasteiger partial charge in [-0.1, -0.05) is 42.5 Å². The van der Waals surface area contributed by atoms with Gasteiger partial charge in [0.05, 0.1) is 30.7 Å². The lowest BCUT2D eigenvalue weighted by Crippen LogP contribution is -2.40. The van der Waals surface area contributed by atoms with Gasteiger partial charge in [0.2, 0.25) is 0 Å². The molecule has 0 spiro atoms. The maximum absolute atomic E-state index is 13.5. The SMILES string of the molecule is CCOC(=O)C1C(c2ccco2)C(C(=O)c2ccccc2)C2C=CC=CN21. The van der Waals surface area contributed by atoms with Crippen molar-refractivity contribution >= 4 is 11.8 Å². The summed E-state index contributed by atoms with van der Waals surface area (Å²) < 4.78 is 11.0. The fourth-order valence-electron chi connectivity index (χ4n) is 4.13. The summed E-state index contributed by atoms with van der Waals surface area (Å²) in [5, 5.41) is 0. The van der Waals surface area contributed by atoms with Crippen LogP contribution in [0.1, 0.15) is 29.0 Å². The van der Waals surface area contributed by atoms with Crippen molar-refractivity contribution in [2.45, 2.75) is 24.9 Å². The molecule has 0 N–H and O–H groups in total. The van der Waals surface area contributed by atoms with E-state index in [1.54, 1.807) is 19.3 Å². The Labute approximate surface area is 157 Å². The first-order valence-electron chi connectivity index (χ1n) is 9.14. The Bertz CT molecular complexity index is 869. The molecular formula is C22H21NO4. The molecule has 4 atom stereocenters. The zero-order chi connectivity index (χ0) is 18.8. The zero-order valence-corrected chi connectivity index (χ0v) is 15.0. The first kappa shape index (κ1) is 17.3. The van der Waals surface area contributed by atoms with Gasteiger partial charge in [0.25, 0.3) is 0 Å². The van der Waals surface area contributed by atoms with Crippen molar-refractivity contribution in [2.24, 2.45) is 5.92 Å². The number of carbonyl (C=O) groups is 2. The van der Waals surface area contributed by atoms with Gasteiger partial charge in [-0.2, -0.15) is 0 Å². The Kier molecular flexibility index (Phi) is 4.67. The van der Waals surface area contributed by atoms with Crippen LogP contribution in [0.3, 0.4) is 0 Å². The fourth-order valence-corrected chi connectivity index (χ4v) is 4.13. The van der Waals surface area contributed by atoms with Crippen LogP contribution in [0, 0.1) is 5.92 Å². The number of nitrogens with zero attached hydrogens (tertiary/aromatic N) is 1. The van der Waals surface area contributed by atoms with E-state index < -0.39 is 17.9 Å². The monoisotopic (exact) mass is 363 g/mol. The molecule has 1 aromatic carbocycles. The summed E-state index contributed by atoms with van der Waals surface area (Å²) in [4.78, 5) is 28.2. The number of furan rings is 1. The quantitative estimate of drug-likeness (QED) is 0.600. The Hall–Kier alpha value is -3.08.